The van der Waals surface area contributed by atoms with Gasteiger partial charge in [-0.1, -0.05) is 6.07 Å². The molecule has 1 aromatic rings. The first-order valence-electron chi connectivity index (χ1n) is 7.42. The summed E-state index contributed by atoms with van der Waals surface area (Å²) >= 11 is 0. The molecule has 2 heterocycles. The number of nitrogens with zero attached hydrogens (tertiary/aromatic N) is 2. The maximum absolute atomic E-state index is 11.7. The molecule has 5 nitrogen and oxygen atoms in total. The number of pyridine rings is 1. The van der Waals surface area contributed by atoms with Gasteiger partial charge in [0, 0.05) is 25.2 Å². The van der Waals surface area contributed by atoms with Gasteiger partial charge in [0.15, 0.2) is 9.84 Å². The van der Waals surface area contributed by atoms with E-state index >= 15 is 0 Å². The van der Waals surface area contributed by atoms with Gasteiger partial charge in [-0.3, -0.25) is 0 Å². The number of aromatic nitrogens is 1. The third kappa shape index (κ3) is 5.28. The molecule has 21 heavy (non-hydrogen) atoms. The molecule has 6 heteroatoms. The monoisotopic (exact) mass is 311 g/mol. The molecule has 118 valence electrons. The Morgan fingerprint density at radius 2 is 2.00 bits per heavy atom. The van der Waals surface area contributed by atoms with Crippen molar-refractivity contribution in [2.24, 2.45) is 0 Å². The lowest BCUT2D eigenvalue weighted by atomic mass is 10.1. The van der Waals surface area contributed by atoms with Crippen molar-refractivity contribution in [3.63, 3.8) is 0 Å². The van der Waals surface area contributed by atoms with E-state index in [0.717, 1.165) is 18.1 Å². The lowest BCUT2D eigenvalue weighted by Crippen LogP contribution is -2.35. The molecule has 0 unspecified atom stereocenters. The number of sulfone groups is 1. The minimum atomic E-state index is -2.88. The second-order valence-corrected chi connectivity index (χ2v) is 8.89. The highest BCUT2D eigenvalue weighted by Gasteiger charge is 2.20. The number of nitrogens with one attached hydrogen (secondary N) is 1. The zero-order valence-electron chi connectivity index (χ0n) is 13.1. The summed E-state index contributed by atoms with van der Waals surface area (Å²) in [6.07, 6.45) is 0.675. The molecule has 0 aliphatic carbocycles. The lowest BCUT2D eigenvalue weighted by molar-refractivity contribution is 0.421. The number of rotatable bonds is 3. The molecule has 1 aliphatic rings. The van der Waals surface area contributed by atoms with Crippen LogP contribution in [0.15, 0.2) is 18.2 Å². The Morgan fingerprint density at radius 3 is 2.71 bits per heavy atom. The average molecular weight is 311 g/mol. The zero-order chi connectivity index (χ0) is 15.5. The quantitative estimate of drug-likeness (QED) is 0.918. The van der Waals surface area contributed by atoms with E-state index in [0.29, 0.717) is 19.5 Å². The topological polar surface area (TPSA) is 62.3 Å². The molecule has 1 saturated heterocycles. The van der Waals surface area contributed by atoms with Crippen LogP contribution in [0.5, 0.6) is 0 Å². The van der Waals surface area contributed by atoms with Gasteiger partial charge in [-0.05, 0) is 39.3 Å². The molecule has 2 rings (SSSR count). The molecular weight excluding hydrogens is 286 g/mol. The van der Waals surface area contributed by atoms with Crippen molar-refractivity contribution in [3.8, 4) is 0 Å². The van der Waals surface area contributed by atoms with Gasteiger partial charge in [0.25, 0.3) is 0 Å². The Balaban J connectivity index is 2.06. The number of anilines is 1. The minimum Gasteiger partial charge on any atom is -0.356 e. The van der Waals surface area contributed by atoms with E-state index < -0.39 is 9.84 Å². The van der Waals surface area contributed by atoms with Crippen molar-refractivity contribution >= 4 is 15.7 Å². The van der Waals surface area contributed by atoms with E-state index in [1.54, 1.807) is 0 Å². The van der Waals surface area contributed by atoms with Crippen LogP contribution in [0.1, 0.15) is 32.9 Å². The van der Waals surface area contributed by atoms with Crippen molar-refractivity contribution in [1.29, 1.82) is 0 Å². The summed E-state index contributed by atoms with van der Waals surface area (Å²) in [4.78, 5) is 6.73. The first-order chi connectivity index (χ1) is 9.75. The third-order valence-electron chi connectivity index (χ3n) is 3.47. The smallest absolute Gasteiger partial charge is 0.152 e. The van der Waals surface area contributed by atoms with Gasteiger partial charge in [-0.2, -0.15) is 0 Å². The normalized spacial score (nSPS) is 19.3. The summed E-state index contributed by atoms with van der Waals surface area (Å²) in [5.74, 6) is 1.38. The molecule has 1 N–H and O–H groups in total. The molecule has 0 saturated carbocycles. The highest BCUT2D eigenvalue weighted by molar-refractivity contribution is 7.91. The highest BCUT2D eigenvalue weighted by atomic mass is 32.2. The van der Waals surface area contributed by atoms with Crippen LogP contribution >= 0.6 is 0 Å². The molecule has 0 radical (unpaired) electrons. The third-order valence-corrected chi connectivity index (χ3v) is 5.19. The fourth-order valence-electron chi connectivity index (χ4n) is 2.26. The van der Waals surface area contributed by atoms with Gasteiger partial charge < -0.3 is 10.2 Å². The van der Waals surface area contributed by atoms with Gasteiger partial charge >= 0.3 is 0 Å². The largest absolute Gasteiger partial charge is 0.356 e. The van der Waals surface area contributed by atoms with E-state index in [2.05, 4.69) is 36.0 Å². The van der Waals surface area contributed by atoms with Crippen LogP contribution in [0.2, 0.25) is 0 Å². The van der Waals surface area contributed by atoms with Crippen molar-refractivity contribution in [2.75, 3.05) is 29.5 Å². The van der Waals surface area contributed by atoms with Crippen LogP contribution in [0.3, 0.4) is 0 Å². The van der Waals surface area contributed by atoms with Crippen LogP contribution < -0.4 is 10.2 Å². The number of hydrogen-bond donors (Lipinski definition) is 1. The van der Waals surface area contributed by atoms with Crippen LogP contribution in [0.25, 0.3) is 0 Å². The summed E-state index contributed by atoms with van der Waals surface area (Å²) in [6.45, 7) is 8.36. The van der Waals surface area contributed by atoms with Crippen molar-refractivity contribution < 1.29 is 8.42 Å². The van der Waals surface area contributed by atoms with E-state index in [1.165, 1.54) is 0 Å². The van der Waals surface area contributed by atoms with Crippen molar-refractivity contribution in [1.82, 2.24) is 10.3 Å². The predicted molar refractivity (Wildman–Crippen MR) is 86.3 cm³/mol. The van der Waals surface area contributed by atoms with E-state index in [9.17, 15) is 8.42 Å². The molecule has 1 aliphatic heterocycles. The standard InChI is InChI=1S/C15H25N3O2S/c1-15(2,3)16-12-13-6-4-7-14(17-13)18-8-5-10-21(19,20)11-9-18/h4,6-7,16H,5,8-12H2,1-3H3. The molecule has 0 spiro atoms. The first-order valence-corrected chi connectivity index (χ1v) is 9.24. The average Bonchev–Trinajstić information content (AvgIpc) is 2.57. The van der Waals surface area contributed by atoms with Gasteiger partial charge in [-0.15, -0.1) is 0 Å². The van der Waals surface area contributed by atoms with Crippen molar-refractivity contribution in [3.05, 3.63) is 23.9 Å². The Kier molecular flexibility index (Phi) is 4.88. The summed E-state index contributed by atoms with van der Waals surface area (Å²) in [5, 5.41) is 3.42. The summed E-state index contributed by atoms with van der Waals surface area (Å²) in [7, 11) is -2.88. The van der Waals surface area contributed by atoms with E-state index in [4.69, 9.17) is 0 Å². The zero-order valence-corrected chi connectivity index (χ0v) is 13.9. The molecule has 0 amide bonds. The van der Waals surface area contributed by atoms with Gasteiger partial charge in [0.05, 0.1) is 17.2 Å². The fraction of sp³-hybridized carbons (Fsp3) is 0.667. The lowest BCUT2D eigenvalue weighted by Gasteiger charge is -2.23. The van der Waals surface area contributed by atoms with Crippen LogP contribution in [-0.2, 0) is 16.4 Å². The van der Waals surface area contributed by atoms with Gasteiger partial charge in [0.2, 0.25) is 0 Å². The van der Waals surface area contributed by atoms with Crippen LogP contribution in [-0.4, -0.2) is 43.5 Å². The molecular formula is C15H25N3O2S. The second kappa shape index (κ2) is 6.32. The number of hydrogen-bond acceptors (Lipinski definition) is 5. The summed E-state index contributed by atoms with van der Waals surface area (Å²) in [5.41, 5.74) is 1.03. The van der Waals surface area contributed by atoms with Gasteiger partial charge in [-0.25, -0.2) is 13.4 Å². The summed E-state index contributed by atoms with van der Waals surface area (Å²) in [6, 6.07) is 5.94. The Hall–Kier alpha value is -1.14. The molecule has 1 aromatic heterocycles. The Morgan fingerprint density at radius 1 is 1.24 bits per heavy atom. The van der Waals surface area contributed by atoms with Gasteiger partial charge in [0.1, 0.15) is 5.82 Å². The summed E-state index contributed by atoms with van der Waals surface area (Å²) < 4.78 is 23.3. The maximum atomic E-state index is 11.7. The van der Waals surface area contributed by atoms with E-state index in [-0.39, 0.29) is 17.0 Å². The molecule has 0 aromatic carbocycles. The highest BCUT2D eigenvalue weighted by Crippen LogP contribution is 2.15. The minimum absolute atomic E-state index is 0.0500. The fourth-order valence-corrected chi connectivity index (χ4v) is 3.54. The molecule has 0 atom stereocenters. The molecule has 0 bridgehead atoms. The Bertz CT molecular complexity index is 579. The van der Waals surface area contributed by atoms with Crippen LogP contribution in [0, 0.1) is 0 Å². The van der Waals surface area contributed by atoms with Crippen molar-refractivity contribution in [2.45, 2.75) is 39.3 Å². The Labute approximate surface area is 127 Å². The predicted octanol–water partition coefficient (Wildman–Crippen LogP) is 1.59. The molecule has 1 fully saturated rings. The maximum Gasteiger partial charge on any atom is 0.152 e. The second-order valence-electron chi connectivity index (χ2n) is 6.58. The van der Waals surface area contributed by atoms with Crippen LogP contribution in [0.4, 0.5) is 5.82 Å². The SMILES string of the molecule is CC(C)(C)NCc1cccc(N2CCCS(=O)(=O)CC2)n1. The van der Waals surface area contributed by atoms with E-state index in [1.807, 2.05) is 18.2 Å². The first kappa shape index (κ1) is 16.2.